The van der Waals surface area contributed by atoms with Crippen LogP contribution in [0.25, 0.3) is 0 Å². The molecule has 122 valence electrons. The maximum Gasteiger partial charge on any atom is 0.340 e. The summed E-state index contributed by atoms with van der Waals surface area (Å²) in [6.07, 6.45) is 9.47. The molecule has 0 saturated carbocycles. The summed E-state index contributed by atoms with van der Waals surface area (Å²) in [7, 11) is 0. The van der Waals surface area contributed by atoms with Crippen molar-refractivity contribution in [2.75, 3.05) is 13.1 Å². The van der Waals surface area contributed by atoms with Gasteiger partial charge in [0.05, 0.1) is 0 Å². The van der Waals surface area contributed by atoms with Crippen LogP contribution in [-0.4, -0.2) is 44.7 Å². The van der Waals surface area contributed by atoms with Crippen LogP contribution in [0.4, 0.5) is 0 Å². The summed E-state index contributed by atoms with van der Waals surface area (Å²) in [5, 5.41) is 14.5. The van der Waals surface area contributed by atoms with Gasteiger partial charge in [-0.05, 0) is 12.8 Å². The Morgan fingerprint density at radius 3 is 2.91 bits per heavy atom. The van der Waals surface area contributed by atoms with Crippen molar-refractivity contribution in [3.63, 3.8) is 0 Å². The number of carbonyl (C=O) groups is 1. The van der Waals surface area contributed by atoms with Gasteiger partial charge in [0.15, 0.2) is 5.66 Å². The molecule has 2 aliphatic rings. The lowest BCUT2D eigenvalue weighted by atomic mass is 9.96. The maximum absolute atomic E-state index is 12.4. The van der Waals surface area contributed by atoms with E-state index in [1.165, 1.54) is 0 Å². The standard InChI is InChI=1S/C15H20N6O2/c1-2-3-7-15(19-20-15)8-6-12(22)21-9-4-5-11(10-21)13-16-14(23)18-17-13/h1,11H,3-10H2,(H2,16,17,18,23). The highest BCUT2D eigenvalue weighted by Gasteiger charge is 2.40. The van der Waals surface area contributed by atoms with E-state index in [-0.39, 0.29) is 17.5 Å². The Labute approximate surface area is 133 Å². The minimum atomic E-state index is -0.412. The molecule has 1 aromatic heterocycles. The Kier molecular flexibility index (Phi) is 4.28. The Balaban J connectivity index is 1.51. The second-order valence-corrected chi connectivity index (χ2v) is 6.13. The van der Waals surface area contributed by atoms with Gasteiger partial charge in [0.25, 0.3) is 0 Å². The van der Waals surface area contributed by atoms with E-state index in [9.17, 15) is 9.59 Å². The molecule has 8 nitrogen and oxygen atoms in total. The molecule has 0 bridgehead atoms. The Morgan fingerprint density at radius 1 is 1.43 bits per heavy atom. The molecule has 1 atom stereocenters. The molecular weight excluding hydrogens is 296 g/mol. The normalized spacial score (nSPS) is 21.9. The average molecular weight is 316 g/mol. The van der Waals surface area contributed by atoms with E-state index in [0.717, 1.165) is 19.4 Å². The molecular formula is C15H20N6O2. The number of carbonyl (C=O) groups excluding carboxylic acids is 1. The minimum absolute atomic E-state index is 0.0809. The quantitative estimate of drug-likeness (QED) is 0.769. The molecule has 1 saturated heterocycles. The van der Waals surface area contributed by atoms with Crippen molar-refractivity contribution in [2.24, 2.45) is 10.2 Å². The lowest BCUT2D eigenvalue weighted by Gasteiger charge is -2.31. The molecule has 0 radical (unpaired) electrons. The summed E-state index contributed by atoms with van der Waals surface area (Å²) in [6, 6.07) is 0. The SMILES string of the molecule is C#CCCC1(CCC(=O)N2CCCC(c3n[nH]c(=O)[nH]3)C2)N=N1. The number of amides is 1. The Bertz CT molecular complexity index is 691. The van der Waals surface area contributed by atoms with E-state index >= 15 is 0 Å². The van der Waals surface area contributed by atoms with Gasteiger partial charge >= 0.3 is 5.69 Å². The van der Waals surface area contributed by atoms with Crippen LogP contribution in [0.2, 0.25) is 0 Å². The molecule has 2 aliphatic heterocycles. The average Bonchev–Trinajstić information content (AvgIpc) is 3.22. The van der Waals surface area contributed by atoms with Crippen molar-refractivity contribution < 1.29 is 4.79 Å². The van der Waals surface area contributed by atoms with Crippen LogP contribution in [0.15, 0.2) is 15.0 Å². The largest absolute Gasteiger partial charge is 0.342 e. The van der Waals surface area contributed by atoms with Crippen molar-refractivity contribution in [3.8, 4) is 12.3 Å². The molecule has 0 spiro atoms. The summed E-state index contributed by atoms with van der Waals surface area (Å²) in [4.78, 5) is 28.1. The summed E-state index contributed by atoms with van der Waals surface area (Å²) in [5.41, 5.74) is -0.721. The van der Waals surface area contributed by atoms with Crippen LogP contribution in [0.5, 0.6) is 0 Å². The van der Waals surface area contributed by atoms with Crippen LogP contribution in [0.3, 0.4) is 0 Å². The highest BCUT2D eigenvalue weighted by molar-refractivity contribution is 5.76. The van der Waals surface area contributed by atoms with E-state index in [1.807, 2.05) is 4.90 Å². The van der Waals surface area contributed by atoms with Crippen LogP contribution >= 0.6 is 0 Å². The number of hydrogen-bond donors (Lipinski definition) is 2. The fourth-order valence-electron chi connectivity index (χ4n) is 3.04. The molecule has 2 N–H and O–H groups in total. The number of H-pyrrole nitrogens is 2. The predicted octanol–water partition coefficient (Wildman–Crippen LogP) is 1.16. The molecule has 3 heterocycles. The predicted molar refractivity (Wildman–Crippen MR) is 82.7 cm³/mol. The first-order valence-electron chi connectivity index (χ1n) is 7.92. The summed E-state index contributed by atoms with van der Waals surface area (Å²) in [5.74, 6) is 3.40. The van der Waals surface area contributed by atoms with E-state index in [4.69, 9.17) is 6.42 Å². The number of nitrogens with zero attached hydrogens (tertiary/aromatic N) is 4. The molecule has 8 heteroatoms. The number of likely N-dealkylation sites (tertiary alicyclic amines) is 1. The first kappa shape index (κ1) is 15.5. The summed E-state index contributed by atoms with van der Waals surface area (Å²) in [6.45, 7) is 1.33. The topological polar surface area (TPSA) is 107 Å². The van der Waals surface area contributed by atoms with E-state index in [2.05, 4.69) is 31.3 Å². The zero-order valence-corrected chi connectivity index (χ0v) is 12.9. The van der Waals surface area contributed by atoms with Gasteiger partial charge < -0.3 is 4.90 Å². The molecule has 3 rings (SSSR count). The van der Waals surface area contributed by atoms with Gasteiger partial charge in [-0.15, -0.1) is 12.3 Å². The minimum Gasteiger partial charge on any atom is -0.342 e. The third-order valence-electron chi connectivity index (χ3n) is 4.47. The van der Waals surface area contributed by atoms with Crippen LogP contribution in [-0.2, 0) is 4.79 Å². The molecule has 1 amide bonds. The number of rotatable bonds is 6. The van der Waals surface area contributed by atoms with E-state index < -0.39 is 5.66 Å². The van der Waals surface area contributed by atoms with E-state index in [1.54, 1.807) is 0 Å². The van der Waals surface area contributed by atoms with Gasteiger partial charge in [-0.2, -0.15) is 15.3 Å². The lowest BCUT2D eigenvalue weighted by Crippen LogP contribution is -2.39. The first-order chi connectivity index (χ1) is 11.1. The first-order valence-corrected chi connectivity index (χ1v) is 7.92. The fourth-order valence-corrected chi connectivity index (χ4v) is 3.04. The number of hydrogen-bond acceptors (Lipinski definition) is 5. The summed E-state index contributed by atoms with van der Waals surface area (Å²) >= 11 is 0. The number of terminal acetylenes is 1. The maximum atomic E-state index is 12.4. The van der Waals surface area contributed by atoms with Gasteiger partial charge in [-0.3, -0.25) is 9.78 Å². The van der Waals surface area contributed by atoms with Crippen LogP contribution in [0.1, 0.15) is 50.3 Å². The highest BCUT2D eigenvalue weighted by atomic mass is 16.2. The third-order valence-corrected chi connectivity index (χ3v) is 4.47. The molecule has 0 aromatic carbocycles. The number of aromatic amines is 2. The van der Waals surface area contributed by atoms with Crippen molar-refractivity contribution in [1.82, 2.24) is 20.1 Å². The van der Waals surface area contributed by atoms with Gasteiger partial charge in [-0.25, -0.2) is 9.89 Å². The van der Waals surface area contributed by atoms with Crippen LogP contribution in [0, 0.1) is 12.3 Å². The Morgan fingerprint density at radius 2 is 2.26 bits per heavy atom. The highest BCUT2D eigenvalue weighted by Crippen LogP contribution is 2.38. The van der Waals surface area contributed by atoms with Gasteiger partial charge in [0.1, 0.15) is 5.82 Å². The monoisotopic (exact) mass is 316 g/mol. The van der Waals surface area contributed by atoms with Crippen molar-refractivity contribution >= 4 is 5.91 Å². The zero-order chi connectivity index (χ0) is 16.3. The Hall–Kier alpha value is -2.43. The van der Waals surface area contributed by atoms with Crippen molar-refractivity contribution in [2.45, 2.75) is 50.1 Å². The van der Waals surface area contributed by atoms with Gasteiger partial charge in [0.2, 0.25) is 5.91 Å². The molecule has 23 heavy (non-hydrogen) atoms. The van der Waals surface area contributed by atoms with Gasteiger partial charge in [0, 0.05) is 44.7 Å². The fraction of sp³-hybridized carbons (Fsp3) is 0.667. The van der Waals surface area contributed by atoms with Crippen molar-refractivity contribution in [1.29, 1.82) is 0 Å². The summed E-state index contributed by atoms with van der Waals surface area (Å²) < 4.78 is 0. The number of nitrogens with one attached hydrogen (secondary N) is 2. The lowest BCUT2D eigenvalue weighted by molar-refractivity contribution is -0.132. The zero-order valence-electron chi connectivity index (χ0n) is 12.9. The molecule has 1 fully saturated rings. The van der Waals surface area contributed by atoms with Gasteiger partial charge in [-0.1, -0.05) is 0 Å². The van der Waals surface area contributed by atoms with E-state index in [0.29, 0.717) is 38.1 Å². The number of aromatic nitrogens is 3. The smallest absolute Gasteiger partial charge is 0.340 e. The third kappa shape index (κ3) is 3.67. The van der Waals surface area contributed by atoms with Crippen molar-refractivity contribution in [3.05, 3.63) is 16.3 Å². The van der Waals surface area contributed by atoms with Crippen LogP contribution < -0.4 is 5.69 Å². The molecule has 0 aliphatic carbocycles. The number of piperidine rings is 1. The second-order valence-electron chi connectivity index (χ2n) is 6.13. The molecule has 1 unspecified atom stereocenters. The molecule has 1 aromatic rings. The second kappa shape index (κ2) is 6.36.